The predicted octanol–water partition coefficient (Wildman–Crippen LogP) is 0.790. The first kappa shape index (κ1) is 14.5. The van der Waals surface area contributed by atoms with E-state index in [1.807, 2.05) is 6.92 Å². The average molecular weight is 256 g/mol. The molecule has 1 unspecified atom stereocenters. The van der Waals surface area contributed by atoms with Crippen molar-refractivity contribution >= 4 is 12.1 Å². The predicted molar refractivity (Wildman–Crippen MR) is 66.4 cm³/mol. The van der Waals surface area contributed by atoms with Gasteiger partial charge in [0.05, 0.1) is 6.42 Å². The summed E-state index contributed by atoms with van der Waals surface area (Å²) in [4.78, 5) is 25.9. The molecule has 0 spiro atoms. The van der Waals surface area contributed by atoms with Gasteiger partial charge < -0.3 is 14.7 Å². The fourth-order valence-electron chi connectivity index (χ4n) is 1.97. The molecule has 0 bridgehead atoms. The van der Waals surface area contributed by atoms with E-state index in [-0.39, 0.29) is 25.2 Å². The van der Waals surface area contributed by atoms with E-state index in [0.717, 1.165) is 0 Å². The number of nitrogens with zero attached hydrogens (tertiary/aromatic N) is 2. The Kier molecular flexibility index (Phi) is 5.64. The molecule has 1 rings (SSSR count). The molecule has 1 amide bonds. The van der Waals surface area contributed by atoms with E-state index < -0.39 is 5.97 Å². The summed E-state index contributed by atoms with van der Waals surface area (Å²) in [5.74, 6) is -0.796. The highest BCUT2D eigenvalue weighted by Gasteiger charge is 2.28. The third-order valence-electron chi connectivity index (χ3n) is 2.91. The summed E-state index contributed by atoms with van der Waals surface area (Å²) in [6, 6.07) is 0.0323. The molecule has 0 radical (unpaired) electrons. The van der Waals surface area contributed by atoms with Gasteiger partial charge in [0.15, 0.2) is 0 Å². The smallest absolute Gasteiger partial charge is 0.410 e. The van der Waals surface area contributed by atoms with Gasteiger partial charge in [-0.2, -0.15) is 0 Å². The van der Waals surface area contributed by atoms with Crippen LogP contribution in [0.1, 0.15) is 13.3 Å². The Morgan fingerprint density at radius 2 is 2.22 bits per heavy atom. The van der Waals surface area contributed by atoms with Gasteiger partial charge in [0.2, 0.25) is 0 Å². The van der Waals surface area contributed by atoms with Crippen LogP contribution < -0.4 is 0 Å². The normalized spacial score (nSPS) is 20.5. The summed E-state index contributed by atoms with van der Waals surface area (Å²) in [6.45, 7) is 8.08. The van der Waals surface area contributed by atoms with E-state index in [1.54, 1.807) is 4.90 Å². The molecular formula is C12H20N2O4. The van der Waals surface area contributed by atoms with Crippen molar-refractivity contribution in [3.8, 4) is 0 Å². The molecule has 1 atom stereocenters. The molecule has 0 aromatic carbocycles. The van der Waals surface area contributed by atoms with Crippen LogP contribution in [0.2, 0.25) is 0 Å². The van der Waals surface area contributed by atoms with E-state index >= 15 is 0 Å². The van der Waals surface area contributed by atoms with Crippen molar-refractivity contribution < 1.29 is 19.4 Å². The quantitative estimate of drug-likeness (QED) is 0.736. The first-order valence-electron chi connectivity index (χ1n) is 6.03. The summed E-state index contributed by atoms with van der Waals surface area (Å²) in [7, 11) is 0. The number of hydrogen-bond acceptors (Lipinski definition) is 4. The Bertz CT molecular complexity index is 319. The number of ether oxygens (including phenoxy) is 1. The zero-order chi connectivity index (χ0) is 13.5. The Morgan fingerprint density at radius 1 is 1.50 bits per heavy atom. The van der Waals surface area contributed by atoms with Crippen LogP contribution in [0.4, 0.5) is 4.79 Å². The van der Waals surface area contributed by atoms with Gasteiger partial charge in [0, 0.05) is 32.2 Å². The van der Waals surface area contributed by atoms with Crippen LogP contribution in [0.15, 0.2) is 12.7 Å². The van der Waals surface area contributed by atoms with Gasteiger partial charge in [-0.25, -0.2) is 4.79 Å². The van der Waals surface area contributed by atoms with E-state index in [1.165, 1.54) is 6.08 Å². The molecule has 1 aliphatic rings. The maximum atomic E-state index is 11.7. The van der Waals surface area contributed by atoms with Gasteiger partial charge in [0.25, 0.3) is 0 Å². The van der Waals surface area contributed by atoms with Crippen LogP contribution in [0.25, 0.3) is 0 Å². The molecule has 0 aliphatic carbocycles. The number of aliphatic carboxylic acids is 1. The van der Waals surface area contributed by atoms with Gasteiger partial charge in [-0.1, -0.05) is 12.7 Å². The second kappa shape index (κ2) is 7.00. The molecule has 6 heteroatoms. The van der Waals surface area contributed by atoms with Crippen molar-refractivity contribution in [1.82, 2.24) is 9.80 Å². The van der Waals surface area contributed by atoms with Crippen molar-refractivity contribution in [2.24, 2.45) is 0 Å². The Labute approximate surface area is 107 Å². The Balaban J connectivity index is 2.38. The lowest BCUT2D eigenvalue weighted by Crippen LogP contribution is -2.54. The van der Waals surface area contributed by atoms with E-state index in [4.69, 9.17) is 9.84 Å². The first-order valence-corrected chi connectivity index (χ1v) is 6.03. The summed E-state index contributed by atoms with van der Waals surface area (Å²) < 4.78 is 4.99. The summed E-state index contributed by atoms with van der Waals surface area (Å²) in [5, 5.41) is 8.63. The maximum absolute atomic E-state index is 11.7. The number of rotatable bonds is 5. The van der Waals surface area contributed by atoms with Crippen LogP contribution in [0, 0.1) is 0 Å². The highest BCUT2D eigenvalue weighted by Crippen LogP contribution is 2.11. The van der Waals surface area contributed by atoms with E-state index in [0.29, 0.717) is 26.2 Å². The summed E-state index contributed by atoms with van der Waals surface area (Å²) in [6.07, 6.45) is 1.33. The Hall–Kier alpha value is -1.56. The van der Waals surface area contributed by atoms with Crippen LogP contribution in [-0.2, 0) is 9.53 Å². The fraction of sp³-hybridized carbons (Fsp3) is 0.667. The standard InChI is InChI=1S/C12H20N2O4/c1-3-8-18-12(17)14-7-6-13(9-10(14)2)5-4-11(15)16/h3,10H,1,4-9H2,2H3,(H,15,16). The van der Waals surface area contributed by atoms with Crippen LogP contribution in [0.3, 0.4) is 0 Å². The van der Waals surface area contributed by atoms with Gasteiger partial charge in [-0.05, 0) is 6.92 Å². The summed E-state index contributed by atoms with van der Waals surface area (Å²) in [5.41, 5.74) is 0. The van der Waals surface area contributed by atoms with Gasteiger partial charge >= 0.3 is 12.1 Å². The maximum Gasteiger partial charge on any atom is 0.410 e. The first-order chi connectivity index (χ1) is 8.54. The largest absolute Gasteiger partial charge is 0.481 e. The van der Waals surface area contributed by atoms with Crippen molar-refractivity contribution in [1.29, 1.82) is 0 Å². The second-order valence-electron chi connectivity index (χ2n) is 4.35. The Morgan fingerprint density at radius 3 is 2.78 bits per heavy atom. The lowest BCUT2D eigenvalue weighted by molar-refractivity contribution is -0.137. The molecule has 0 aromatic rings. The number of carbonyl (C=O) groups is 2. The molecular weight excluding hydrogens is 236 g/mol. The van der Waals surface area contributed by atoms with Crippen LogP contribution in [-0.4, -0.2) is 65.8 Å². The lowest BCUT2D eigenvalue weighted by Gasteiger charge is -2.38. The van der Waals surface area contributed by atoms with Crippen LogP contribution >= 0.6 is 0 Å². The molecule has 102 valence electrons. The van der Waals surface area contributed by atoms with E-state index in [9.17, 15) is 9.59 Å². The topological polar surface area (TPSA) is 70.1 Å². The highest BCUT2D eigenvalue weighted by atomic mass is 16.6. The third-order valence-corrected chi connectivity index (χ3v) is 2.91. The van der Waals surface area contributed by atoms with Crippen molar-refractivity contribution in [2.75, 3.05) is 32.8 Å². The molecule has 0 aromatic heterocycles. The molecule has 1 aliphatic heterocycles. The fourth-order valence-corrected chi connectivity index (χ4v) is 1.97. The minimum Gasteiger partial charge on any atom is -0.481 e. The highest BCUT2D eigenvalue weighted by molar-refractivity contribution is 5.68. The minimum absolute atomic E-state index is 0.0323. The number of hydrogen-bond donors (Lipinski definition) is 1. The molecule has 18 heavy (non-hydrogen) atoms. The molecule has 6 nitrogen and oxygen atoms in total. The SMILES string of the molecule is C=CCOC(=O)N1CCN(CCC(=O)O)CC1C. The number of carbonyl (C=O) groups excluding carboxylic acids is 1. The molecule has 0 saturated carbocycles. The van der Waals surface area contributed by atoms with Crippen molar-refractivity contribution in [2.45, 2.75) is 19.4 Å². The lowest BCUT2D eigenvalue weighted by atomic mass is 10.2. The molecule has 1 fully saturated rings. The zero-order valence-corrected chi connectivity index (χ0v) is 10.7. The van der Waals surface area contributed by atoms with E-state index in [2.05, 4.69) is 11.5 Å². The summed E-state index contributed by atoms with van der Waals surface area (Å²) >= 11 is 0. The molecule has 1 heterocycles. The number of amides is 1. The third kappa shape index (κ3) is 4.37. The number of piperazine rings is 1. The van der Waals surface area contributed by atoms with Gasteiger partial charge in [-0.3, -0.25) is 9.69 Å². The second-order valence-corrected chi connectivity index (χ2v) is 4.35. The van der Waals surface area contributed by atoms with Crippen LogP contribution in [0.5, 0.6) is 0 Å². The number of carboxylic acid groups (broad SMARTS) is 1. The molecule has 1 saturated heterocycles. The number of carboxylic acids is 1. The van der Waals surface area contributed by atoms with Crippen molar-refractivity contribution in [3.05, 3.63) is 12.7 Å². The zero-order valence-electron chi connectivity index (χ0n) is 10.7. The minimum atomic E-state index is -0.796. The van der Waals surface area contributed by atoms with Crippen molar-refractivity contribution in [3.63, 3.8) is 0 Å². The van der Waals surface area contributed by atoms with Gasteiger partial charge in [-0.15, -0.1) is 0 Å². The molecule has 1 N–H and O–H groups in total. The monoisotopic (exact) mass is 256 g/mol. The average Bonchev–Trinajstić information content (AvgIpc) is 2.33. The van der Waals surface area contributed by atoms with Gasteiger partial charge in [0.1, 0.15) is 6.61 Å².